The summed E-state index contributed by atoms with van der Waals surface area (Å²) in [6.07, 6.45) is -4.73. The fourth-order valence-electron chi connectivity index (χ4n) is 2.81. The Morgan fingerprint density at radius 1 is 1.30 bits per heavy atom. The van der Waals surface area contributed by atoms with E-state index in [1.54, 1.807) is 24.3 Å². The Kier molecular flexibility index (Phi) is 6.29. The third kappa shape index (κ3) is 6.15. The van der Waals surface area contributed by atoms with Gasteiger partial charge in [-0.1, -0.05) is 12.1 Å². The summed E-state index contributed by atoms with van der Waals surface area (Å²) >= 11 is 0. The van der Waals surface area contributed by atoms with Gasteiger partial charge in [0.2, 0.25) is 11.8 Å². The number of hydrogen-bond donors (Lipinski definition) is 1. The first-order valence-electron chi connectivity index (χ1n) is 8.08. The third-order valence-electron chi connectivity index (χ3n) is 4.02. The summed E-state index contributed by atoms with van der Waals surface area (Å²) in [7, 11) is 1.51. The Bertz CT molecular complexity index is 706. The molecule has 1 atom stereocenters. The zero-order valence-corrected chi connectivity index (χ0v) is 14.5. The zero-order valence-electron chi connectivity index (χ0n) is 14.5. The summed E-state index contributed by atoms with van der Waals surface area (Å²) in [5, 5.41) is 8.55. The van der Waals surface area contributed by atoms with Gasteiger partial charge in [-0.25, -0.2) is 4.79 Å². The van der Waals surface area contributed by atoms with Gasteiger partial charge < -0.3 is 19.6 Å². The smallest absolute Gasteiger partial charge is 0.406 e. The van der Waals surface area contributed by atoms with Crippen LogP contribution < -0.4 is 4.74 Å². The highest BCUT2D eigenvalue weighted by atomic mass is 19.4. The molecule has 2 rings (SSSR count). The van der Waals surface area contributed by atoms with E-state index >= 15 is 0 Å². The molecule has 10 heteroatoms. The van der Waals surface area contributed by atoms with Crippen LogP contribution in [-0.2, 0) is 20.9 Å². The first-order valence-corrected chi connectivity index (χ1v) is 8.08. The number of benzene rings is 1. The monoisotopic (exact) mass is 388 g/mol. The van der Waals surface area contributed by atoms with Crippen LogP contribution in [0.3, 0.4) is 0 Å². The molecule has 1 aliphatic rings. The Labute approximate surface area is 153 Å². The van der Waals surface area contributed by atoms with E-state index in [-0.39, 0.29) is 19.5 Å². The quantitative estimate of drug-likeness (QED) is 0.765. The normalized spacial score (nSPS) is 17.1. The second-order valence-corrected chi connectivity index (χ2v) is 6.31. The highest BCUT2D eigenvalue weighted by molar-refractivity contribution is 5.89. The molecule has 7 nitrogen and oxygen atoms in total. The molecular weight excluding hydrogens is 369 g/mol. The van der Waals surface area contributed by atoms with Gasteiger partial charge in [-0.2, -0.15) is 13.2 Å². The summed E-state index contributed by atoms with van der Waals surface area (Å²) in [6.45, 7) is -1.87. The topological polar surface area (TPSA) is 87.1 Å². The van der Waals surface area contributed by atoms with E-state index in [4.69, 9.17) is 9.84 Å². The Morgan fingerprint density at radius 3 is 2.48 bits per heavy atom. The molecule has 0 saturated carbocycles. The van der Waals surface area contributed by atoms with E-state index in [1.165, 1.54) is 11.9 Å². The third-order valence-corrected chi connectivity index (χ3v) is 4.02. The minimum Gasteiger partial charge on any atom is -0.482 e. The van der Waals surface area contributed by atoms with Crippen LogP contribution in [0.5, 0.6) is 5.75 Å². The molecule has 1 heterocycles. The molecule has 2 amide bonds. The van der Waals surface area contributed by atoms with Crippen LogP contribution in [-0.4, -0.2) is 65.6 Å². The Hall–Kier alpha value is -2.78. The number of carbonyl (C=O) groups excluding carboxylic acids is 2. The Morgan fingerprint density at radius 2 is 1.93 bits per heavy atom. The lowest BCUT2D eigenvalue weighted by Gasteiger charge is -2.22. The molecule has 1 N–H and O–H groups in total. The molecule has 0 radical (unpaired) electrons. The van der Waals surface area contributed by atoms with Gasteiger partial charge in [0, 0.05) is 26.6 Å². The highest BCUT2D eigenvalue weighted by Gasteiger charge is 2.41. The van der Waals surface area contributed by atoms with E-state index < -0.39 is 43.0 Å². The minimum atomic E-state index is -4.50. The van der Waals surface area contributed by atoms with Crippen molar-refractivity contribution in [1.29, 1.82) is 0 Å². The lowest BCUT2D eigenvalue weighted by Crippen LogP contribution is -2.37. The second-order valence-electron chi connectivity index (χ2n) is 6.31. The molecule has 0 aliphatic carbocycles. The summed E-state index contributed by atoms with van der Waals surface area (Å²) in [5.41, 5.74) is 0.727. The fourth-order valence-corrected chi connectivity index (χ4v) is 2.81. The predicted octanol–water partition coefficient (Wildman–Crippen LogP) is 1.52. The van der Waals surface area contributed by atoms with Gasteiger partial charge in [0.25, 0.3) is 0 Å². The number of rotatable bonds is 7. The van der Waals surface area contributed by atoms with Crippen LogP contribution in [0.1, 0.15) is 12.0 Å². The SMILES string of the molecule is CN(Cc1ccc(OCC(=O)O)cc1)C(=O)C1CC(=O)N(CC(F)(F)F)C1. The number of hydrogen-bond acceptors (Lipinski definition) is 4. The van der Waals surface area contributed by atoms with E-state index in [9.17, 15) is 27.6 Å². The largest absolute Gasteiger partial charge is 0.482 e. The maximum absolute atomic E-state index is 12.5. The number of amides is 2. The highest BCUT2D eigenvalue weighted by Crippen LogP contribution is 2.25. The fraction of sp³-hybridized carbons (Fsp3) is 0.471. The van der Waals surface area contributed by atoms with Crippen LogP contribution in [0.15, 0.2) is 24.3 Å². The van der Waals surface area contributed by atoms with Crippen LogP contribution >= 0.6 is 0 Å². The van der Waals surface area contributed by atoms with Crippen molar-refractivity contribution in [3.05, 3.63) is 29.8 Å². The summed E-state index contributed by atoms with van der Waals surface area (Å²) in [4.78, 5) is 36.6. The van der Waals surface area contributed by atoms with Gasteiger partial charge in [0.15, 0.2) is 6.61 Å². The molecule has 0 bridgehead atoms. The van der Waals surface area contributed by atoms with E-state index in [2.05, 4.69) is 0 Å². The lowest BCUT2D eigenvalue weighted by atomic mass is 10.1. The summed E-state index contributed by atoms with van der Waals surface area (Å²) in [5.74, 6) is -2.63. The first-order chi connectivity index (χ1) is 12.5. The van der Waals surface area contributed by atoms with Crippen molar-refractivity contribution >= 4 is 17.8 Å². The van der Waals surface area contributed by atoms with E-state index in [0.29, 0.717) is 10.6 Å². The molecule has 1 saturated heterocycles. The number of carboxylic acid groups (broad SMARTS) is 1. The van der Waals surface area contributed by atoms with Crippen LogP contribution in [0.25, 0.3) is 0 Å². The van der Waals surface area contributed by atoms with Gasteiger partial charge >= 0.3 is 12.1 Å². The molecule has 148 valence electrons. The van der Waals surface area contributed by atoms with Crippen molar-refractivity contribution in [2.45, 2.75) is 19.1 Å². The number of alkyl halides is 3. The maximum Gasteiger partial charge on any atom is 0.406 e. The number of halogens is 3. The summed E-state index contributed by atoms with van der Waals surface area (Å²) in [6, 6.07) is 6.41. The number of carboxylic acids is 1. The molecule has 1 aromatic rings. The van der Waals surface area contributed by atoms with Crippen LogP contribution in [0.2, 0.25) is 0 Å². The number of aliphatic carboxylic acids is 1. The van der Waals surface area contributed by atoms with Crippen molar-refractivity contribution in [3.8, 4) is 5.75 Å². The first kappa shape index (κ1) is 20.5. The minimum absolute atomic E-state index is 0.196. The molecule has 1 unspecified atom stereocenters. The second kappa shape index (κ2) is 8.28. The average molecular weight is 388 g/mol. The van der Waals surface area contributed by atoms with Crippen molar-refractivity contribution in [2.24, 2.45) is 5.92 Å². The van der Waals surface area contributed by atoms with Crippen molar-refractivity contribution in [1.82, 2.24) is 9.80 Å². The summed E-state index contributed by atoms with van der Waals surface area (Å²) < 4.78 is 42.4. The molecule has 0 aromatic heterocycles. The predicted molar refractivity (Wildman–Crippen MR) is 86.8 cm³/mol. The van der Waals surface area contributed by atoms with E-state index in [1.807, 2.05) is 0 Å². The van der Waals surface area contributed by atoms with E-state index in [0.717, 1.165) is 5.56 Å². The Balaban J connectivity index is 1.90. The molecule has 1 aliphatic heterocycles. The van der Waals surface area contributed by atoms with Gasteiger partial charge in [-0.05, 0) is 17.7 Å². The number of carbonyl (C=O) groups is 3. The van der Waals surface area contributed by atoms with Gasteiger partial charge in [-0.15, -0.1) is 0 Å². The zero-order chi connectivity index (χ0) is 20.2. The van der Waals surface area contributed by atoms with Gasteiger partial charge in [-0.3, -0.25) is 9.59 Å². The molecule has 27 heavy (non-hydrogen) atoms. The van der Waals surface area contributed by atoms with Gasteiger partial charge in [0.05, 0.1) is 5.92 Å². The van der Waals surface area contributed by atoms with Crippen LogP contribution in [0, 0.1) is 5.92 Å². The standard InChI is InChI=1S/C17H19F3N2O5/c1-21(7-11-2-4-13(5-3-11)27-9-15(24)25)16(26)12-6-14(23)22(8-12)10-17(18,19)20/h2-5,12H,6-10H2,1H3,(H,24,25). The lowest BCUT2D eigenvalue weighted by molar-refractivity contribution is -0.157. The molecular formula is C17H19F3N2O5. The molecule has 1 aromatic carbocycles. The van der Waals surface area contributed by atoms with Crippen LogP contribution in [0.4, 0.5) is 13.2 Å². The average Bonchev–Trinajstić information content (AvgIpc) is 2.92. The maximum atomic E-state index is 12.5. The van der Waals surface area contributed by atoms with Gasteiger partial charge in [0.1, 0.15) is 12.3 Å². The molecule has 1 fully saturated rings. The number of nitrogens with zero attached hydrogens (tertiary/aromatic N) is 2. The number of likely N-dealkylation sites (tertiary alicyclic amines) is 1. The van der Waals surface area contributed by atoms with Crippen molar-refractivity contribution in [2.75, 3.05) is 26.7 Å². The van der Waals surface area contributed by atoms with Crippen molar-refractivity contribution in [3.63, 3.8) is 0 Å². The van der Waals surface area contributed by atoms with Crippen molar-refractivity contribution < 1.29 is 37.4 Å². The number of ether oxygens (including phenoxy) is 1. The molecule has 0 spiro atoms.